The van der Waals surface area contributed by atoms with Gasteiger partial charge in [-0.25, -0.2) is 4.79 Å². The van der Waals surface area contributed by atoms with Gasteiger partial charge in [0.25, 0.3) is 0 Å². The molecule has 2 rings (SSSR count). The van der Waals surface area contributed by atoms with Crippen molar-refractivity contribution in [2.75, 3.05) is 14.2 Å². The molecule has 0 radical (unpaired) electrons. The molecule has 1 aromatic heterocycles. The summed E-state index contributed by atoms with van der Waals surface area (Å²) in [5.41, 5.74) is 0.727. The Morgan fingerprint density at radius 1 is 1.13 bits per heavy atom. The van der Waals surface area contributed by atoms with Crippen molar-refractivity contribution < 1.29 is 19.0 Å². The smallest absolute Gasteiger partial charge is 0.419 e. The van der Waals surface area contributed by atoms with Crippen LogP contribution in [-0.2, 0) is 4.74 Å². The fraction of sp³-hybridized carbons (Fsp3) is 0.353. The average Bonchev–Trinajstić information content (AvgIpc) is 2.86. The number of rotatable bonds is 3. The summed E-state index contributed by atoms with van der Waals surface area (Å²) in [5, 5.41) is 0. The number of hydrogen-bond acceptors (Lipinski definition) is 4. The van der Waals surface area contributed by atoms with E-state index in [4.69, 9.17) is 14.2 Å². The number of methoxy groups -OCH3 is 2. The zero-order valence-corrected chi connectivity index (χ0v) is 15.4. The van der Waals surface area contributed by atoms with Crippen LogP contribution < -0.4 is 9.47 Å². The van der Waals surface area contributed by atoms with Crippen molar-refractivity contribution in [2.45, 2.75) is 26.4 Å². The molecular formula is C17H20BrNO4. The lowest BCUT2D eigenvalue weighted by molar-refractivity contribution is 0.0540. The van der Waals surface area contributed by atoms with Gasteiger partial charge >= 0.3 is 6.09 Å². The quantitative estimate of drug-likeness (QED) is 0.771. The van der Waals surface area contributed by atoms with Gasteiger partial charge in [0.1, 0.15) is 17.1 Å². The van der Waals surface area contributed by atoms with Gasteiger partial charge in [-0.1, -0.05) is 6.07 Å². The van der Waals surface area contributed by atoms with Crippen molar-refractivity contribution in [3.8, 4) is 22.8 Å². The maximum Gasteiger partial charge on any atom is 0.419 e. The molecule has 0 N–H and O–H groups in total. The molecule has 0 aliphatic rings. The number of halogens is 1. The molecule has 0 amide bonds. The summed E-state index contributed by atoms with van der Waals surface area (Å²) in [6, 6.07) is 7.29. The molecule has 2 aromatic rings. The van der Waals surface area contributed by atoms with Crippen LogP contribution in [0.5, 0.6) is 11.5 Å². The number of ether oxygens (including phenoxy) is 3. The number of nitrogens with zero attached hydrogens (tertiary/aromatic N) is 1. The van der Waals surface area contributed by atoms with Gasteiger partial charge in [0, 0.05) is 10.7 Å². The molecule has 124 valence electrons. The Bertz CT molecular complexity index is 694. The van der Waals surface area contributed by atoms with E-state index in [9.17, 15) is 4.79 Å². The molecule has 5 nitrogen and oxygen atoms in total. The van der Waals surface area contributed by atoms with Crippen molar-refractivity contribution in [1.29, 1.82) is 0 Å². The van der Waals surface area contributed by atoms with Crippen LogP contribution in [0.4, 0.5) is 4.79 Å². The molecule has 0 spiro atoms. The Labute approximate surface area is 144 Å². The Kier molecular flexibility index (Phi) is 5.04. The van der Waals surface area contributed by atoms with E-state index in [0.29, 0.717) is 22.8 Å². The van der Waals surface area contributed by atoms with E-state index >= 15 is 0 Å². The van der Waals surface area contributed by atoms with Crippen LogP contribution in [0.2, 0.25) is 0 Å². The highest BCUT2D eigenvalue weighted by atomic mass is 79.9. The van der Waals surface area contributed by atoms with Gasteiger partial charge in [0.2, 0.25) is 0 Å². The molecule has 0 saturated carbocycles. The predicted octanol–water partition coefficient (Wildman–Crippen LogP) is 4.72. The highest BCUT2D eigenvalue weighted by Gasteiger charge is 2.24. The third-order valence-electron chi connectivity index (χ3n) is 3.06. The Balaban J connectivity index is 2.60. The summed E-state index contributed by atoms with van der Waals surface area (Å²) in [6.07, 6.45) is 1.20. The summed E-state index contributed by atoms with van der Waals surface area (Å²) in [5.74, 6) is 1.22. The number of aromatic nitrogens is 1. The van der Waals surface area contributed by atoms with Crippen LogP contribution in [0, 0.1) is 0 Å². The highest BCUT2D eigenvalue weighted by molar-refractivity contribution is 9.10. The second kappa shape index (κ2) is 6.66. The van der Waals surface area contributed by atoms with Crippen LogP contribution in [-0.4, -0.2) is 30.5 Å². The van der Waals surface area contributed by atoms with Gasteiger partial charge in [-0.15, -0.1) is 0 Å². The third kappa shape index (κ3) is 3.88. The molecule has 1 aromatic carbocycles. The summed E-state index contributed by atoms with van der Waals surface area (Å²) >= 11 is 3.41. The summed E-state index contributed by atoms with van der Waals surface area (Å²) < 4.78 is 18.5. The van der Waals surface area contributed by atoms with Crippen LogP contribution in [0.1, 0.15) is 20.8 Å². The van der Waals surface area contributed by atoms with E-state index in [2.05, 4.69) is 15.9 Å². The van der Waals surface area contributed by atoms with Crippen LogP contribution in [0.15, 0.2) is 34.9 Å². The van der Waals surface area contributed by atoms with E-state index < -0.39 is 11.7 Å². The summed E-state index contributed by atoms with van der Waals surface area (Å²) in [7, 11) is 3.15. The summed E-state index contributed by atoms with van der Waals surface area (Å²) in [4.78, 5) is 12.5. The number of carbonyl (C=O) groups is 1. The molecule has 23 heavy (non-hydrogen) atoms. The second-order valence-corrected chi connectivity index (χ2v) is 6.85. The fourth-order valence-corrected chi connectivity index (χ4v) is 2.61. The van der Waals surface area contributed by atoms with Crippen LogP contribution in [0.3, 0.4) is 0 Å². The van der Waals surface area contributed by atoms with E-state index in [1.165, 1.54) is 4.57 Å². The Hall–Kier alpha value is -1.95. The Morgan fingerprint density at radius 3 is 2.17 bits per heavy atom. The van der Waals surface area contributed by atoms with Crippen LogP contribution >= 0.6 is 15.9 Å². The first-order valence-corrected chi connectivity index (χ1v) is 7.88. The topological polar surface area (TPSA) is 49.7 Å². The minimum absolute atomic E-state index is 0.467. The van der Waals surface area contributed by atoms with E-state index in [-0.39, 0.29) is 0 Å². The van der Waals surface area contributed by atoms with Gasteiger partial charge in [-0.3, -0.25) is 4.57 Å². The van der Waals surface area contributed by atoms with E-state index in [1.54, 1.807) is 20.4 Å². The van der Waals surface area contributed by atoms with Gasteiger partial charge in [-0.2, -0.15) is 0 Å². The largest absolute Gasteiger partial charge is 0.496 e. The van der Waals surface area contributed by atoms with E-state index in [0.717, 1.165) is 4.47 Å². The molecule has 0 fully saturated rings. The zero-order chi connectivity index (χ0) is 17.2. The van der Waals surface area contributed by atoms with E-state index in [1.807, 2.05) is 45.0 Å². The maximum atomic E-state index is 12.5. The average molecular weight is 382 g/mol. The molecule has 6 heteroatoms. The first kappa shape index (κ1) is 17.4. The lowest BCUT2D eigenvalue weighted by Crippen LogP contribution is -2.27. The van der Waals surface area contributed by atoms with Crippen molar-refractivity contribution in [1.82, 2.24) is 4.57 Å². The van der Waals surface area contributed by atoms with Crippen molar-refractivity contribution in [3.63, 3.8) is 0 Å². The summed E-state index contributed by atoms with van der Waals surface area (Å²) in [6.45, 7) is 5.48. The van der Waals surface area contributed by atoms with Crippen molar-refractivity contribution >= 4 is 22.0 Å². The van der Waals surface area contributed by atoms with Gasteiger partial charge < -0.3 is 14.2 Å². The zero-order valence-electron chi connectivity index (χ0n) is 13.8. The number of carbonyl (C=O) groups excluding carboxylic acids is 1. The third-order valence-corrected chi connectivity index (χ3v) is 3.49. The second-order valence-electron chi connectivity index (χ2n) is 5.93. The molecule has 0 aliphatic heterocycles. The molecule has 1 heterocycles. The fourth-order valence-electron chi connectivity index (χ4n) is 2.19. The van der Waals surface area contributed by atoms with Crippen LogP contribution in [0.25, 0.3) is 11.3 Å². The minimum Gasteiger partial charge on any atom is -0.496 e. The molecule has 0 bridgehead atoms. The normalized spacial score (nSPS) is 11.2. The van der Waals surface area contributed by atoms with Gasteiger partial charge in [0.05, 0.1) is 25.5 Å². The molecular weight excluding hydrogens is 362 g/mol. The monoisotopic (exact) mass is 381 g/mol. The lowest BCUT2D eigenvalue weighted by atomic mass is 10.1. The molecule has 0 aliphatic carbocycles. The number of benzene rings is 1. The molecule has 0 saturated heterocycles. The van der Waals surface area contributed by atoms with Crippen molar-refractivity contribution in [3.05, 3.63) is 34.9 Å². The van der Waals surface area contributed by atoms with Gasteiger partial charge in [-0.05, 0) is 54.9 Å². The predicted molar refractivity (Wildman–Crippen MR) is 92.3 cm³/mol. The Morgan fingerprint density at radius 2 is 1.70 bits per heavy atom. The minimum atomic E-state index is -0.587. The lowest BCUT2D eigenvalue weighted by Gasteiger charge is -2.21. The van der Waals surface area contributed by atoms with Gasteiger partial charge in [0.15, 0.2) is 0 Å². The molecule has 0 atom stereocenters. The standard InChI is InChI=1S/C17H20BrNO4/c1-17(2,3)23-16(20)19-10-11(18)9-12(19)15-13(21-4)7-6-8-14(15)22-5/h6-10H,1-5H3. The first-order valence-electron chi connectivity index (χ1n) is 7.09. The number of hydrogen-bond donors (Lipinski definition) is 0. The SMILES string of the molecule is COc1cccc(OC)c1-c1cc(Br)cn1C(=O)OC(C)(C)C. The molecule has 0 unspecified atom stereocenters. The highest BCUT2D eigenvalue weighted by Crippen LogP contribution is 2.40. The van der Waals surface area contributed by atoms with Crippen molar-refractivity contribution in [2.24, 2.45) is 0 Å². The first-order chi connectivity index (χ1) is 10.8. The maximum absolute atomic E-state index is 12.5.